The van der Waals surface area contributed by atoms with Crippen LogP contribution in [0.2, 0.25) is 0 Å². The average molecular weight is 341 g/mol. The highest BCUT2D eigenvalue weighted by Gasteiger charge is 2.17. The Kier molecular flexibility index (Phi) is 4.31. The zero-order valence-electron chi connectivity index (χ0n) is 13.2. The largest absolute Gasteiger partial charge is 0.465 e. The molecular formula is C16H15N5O4. The van der Waals surface area contributed by atoms with Gasteiger partial charge in [-0.05, 0) is 17.7 Å². The normalized spacial score (nSPS) is 11.9. The highest BCUT2D eigenvalue weighted by Crippen LogP contribution is 2.21. The molecule has 128 valence electrons. The van der Waals surface area contributed by atoms with E-state index in [9.17, 15) is 14.7 Å². The summed E-state index contributed by atoms with van der Waals surface area (Å²) in [4.78, 5) is 22.8. The Balaban J connectivity index is 1.98. The second-order valence-electron chi connectivity index (χ2n) is 5.34. The van der Waals surface area contributed by atoms with Gasteiger partial charge in [0.15, 0.2) is 0 Å². The van der Waals surface area contributed by atoms with Gasteiger partial charge in [-0.15, -0.1) is 0 Å². The van der Waals surface area contributed by atoms with Gasteiger partial charge in [0.25, 0.3) is 0 Å². The number of hydrogen-bond acceptors (Lipinski definition) is 5. The number of rotatable bonds is 4. The van der Waals surface area contributed by atoms with E-state index < -0.39 is 17.6 Å². The summed E-state index contributed by atoms with van der Waals surface area (Å²) in [5.41, 5.74) is 0.771. The number of carbonyl (C=O) groups is 1. The molecule has 0 bridgehead atoms. The molecule has 9 nitrogen and oxygen atoms in total. The van der Waals surface area contributed by atoms with Gasteiger partial charge < -0.3 is 10.2 Å². The Labute approximate surface area is 141 Å². The number of aliphatic hydroxyl groups is 1. The van der Waals surface area contributed by atoms with Gasteiger partial charge in [-0.3, -0.25) is 14.8 Å². The molecule has 0 fully saturated rings. The summed E-state index contributed by atoms with van der Waals surface area (Å²) in [5, 5.41) is 29.7. The monoisotopic (exact) mass is 341 g/mol. The van der Waals surface area contributed by atoms with Crippen molar-refractivity contribution >= 4 is 11.8 Å². The topological polar surface area (TPSA) is 122 Å². The first-order valence-corrected chi connectivity index (χ1v) is 7.31. The van der Waals surface area contributed by atoms with Crippen LogP contribution in [0.15, 0.2) is 53.7 Å². The minimum Gasteiger partial charge on any atom is -0.465 e. The van der Waals surface area contributed by atoms with Crippen molar-refractivity contribution in [2.45, 2.75) is 6.10 Å². The molecule has 0 aliphatic carbocycles. The third-order valence-electron chi connectivity index (χ3n) is 3.50. The van der Waals surface area contributed by atoms with E-state index in [0.29, 0.717) is 11.3 Å². The fraction of sp³-hybridized carbons (Fsp3) is 0.125. The summed E-state index contributed by atoms with van der Waals surface area (Å²) in [7, 11) is 1.75. The fourth-order valence-corrected chi connectivity index (χ4v) is 2.35. The first kappa shape index (κ1) is 16.4. The number of anilines is 1. The minimum absolute atomic E-state index is 0.0705. The van der Waals surface area contributed by atoms with Gasteiger partial charge in [0, 0.05) is 25.0 Å². The Morgan fingerprint density at radius 2 is 2.12 bits per heavy atom. The number of nitrogens with zero attached hydrogens (tertiary/aromatic N) is 4. The Hall–Kier alpha value is -3.46. The number of hydrogen-bond donors (Lipinski definition) is 3. The van der Waals surface area contributed by atoms with E-state index in [4.69, 9.17) is 5.11 Å². The average Bonchev–Trinajstić information content (AvgIpc) is 3.01. The summed E-state index contributed by atoms with van der Waals surface area (Å²) >= 11 is 0. The van der Waals surface area contributed by atoms with Crippen molar-refractivity contribution < 1.29 is 15.0 Å². The molecule has 0 spiro atoms. The molecule has 1 unspecified atom stereocenters. The van der Waals surface area contributed by atoms with Gasteiger partial charge in [-0.2, -0.15) is 10.2 Å². The van der Waals surface area contributed by atoms with Crippen LogP contribution in [-0.2, 0) is 7.05 Å². The molecular weight excluding hydrogens is 326 g/mol. The molecule has 2 heterocycles. The molecule has 0 aliphatic heterocycles. The second-order valence-corrected chi connectivity index (χ2v) is 5.34. The fourth-order valence-electron chi connectivity index (χ4n) is 2.35. The van der Waals surface area contributed by atoms with Crippen LogP contribution in [0, 0.1) is 0 Å². The second kappa shape index (κ2) is 6.57. The van der Waals surface area contributed by atoms with E-state index in [2.05, 4.69) is 15.5 Å². The van der Waals surface area contributed by atoms with E-state index in [1.165, 1.54) is 29.1 Å². The van der Waals surface area contributed by atoms with Gasteiger partial charge in [0.05, 0.1) is 12.4 Å². The molecule has 0 saturated heterocycles. The van der Waals surface area contributed by atoms with Gasteiger partial charge in [0.1, 0.15) is 17.5 Å². The van der Waals surface area contributed by atoms with Gasteiger partial charge in [0.2, 0.25) is 5.43 Å². The lowest BCUT2D eigenvalue weighted by Crippen LogP contribution is -2.20. The van der Waals surface area contributed by atoms with E-state index in [0.717, 1.165) is 0 Å². The van der Waals surface area contributed by atoms with Crippen LogP contribution < -0.4 is 10.7 Å². The first-order chi connectivity index (χ1) is 11.9. The molecule has 0 saturated carbocycles. The number of amides is 1. The van der Waals surface area contributed by atoms with E-state index in [1.54, 1.807) is 36.3 Å². The zero-order valence-corrected chi connectivity index (χ0v) is 13.2. The van der Waals surface area contributed by atoms with Crippen LogP contribution in [0.4, 0.5) is 10.5 Å². The number of benzene rings is 1. The standard InChI is InChI=1S/C16H15N5O4/c1-20-9-12(8-17-20)21-6-5-13(22)14(19-21)15(23)10-3-2-4-11(7-10)18-16(24)25/h2-9,15,18,23H,1H3,(H,24,25). The highest BCUT2D eigenvalue weighted by molar-refractivity contribution is 5.82. The lowest BCUT2D eigenvalue weighted by atomic mass is 10.1. The van der Waals surface area contributed by atoms with Crippen LogP contribution in [0.3, 0.4) is 0 Å². The maximum atomic E-state index is 12.1. The minimum atomic E-state index is -1.30. The van der Waals surface area contributed by atoms with Crippen LogP contribution in [0.5, 0.6) is 0 Å². The van der Waals surface area contributed by atoms with Crippen molar-refractivity contribution in [1.29, 1.82) is 0 Å². The van der Waals surface area contributed by atoms with Crippen molar-refractivity contribution in [3.05, 3.63) is 70.4 Å². The first-order valence-electron chi connectivity index (χ1n) is 7.31. The number of carboxylic acid groups (broad SMARTS) is 1. The molecule has 9 heteroatoms. The summed E-state index contributed by atoms with van der Waals surface area (Å²) in [6.07, 6.45) is 2.25. The summed E-state index contributed by atoms with van der Waals surface area (Å²) < 4.78 is 3.03. The number of nitrogens with one attached hydrogen (secondary N) is 1. The Bertz CT molecular complexity index is 978. The van der Waals surface area contributed by atoms with Crippen molar-refractivity contribution in [1.82, 2.24) is 19.6 Å². The van der Waals surface area contributed by atoms with Gasteiger partial charge in [-0.25, -0.2) is 9.48 Å². The number of aromatic nitrogens is 4. The van der Waals surface area contributed by atoms with Crippen molar-refractivity contribution in [2.75, 3.05) is 5.32 Å². The van der Waals surface area contributed by atoms with Gasteiger partial charge >= 0.3 is 6.09 Å². The summed E-state index contributed by atoms with van der Waals surface area (Å²) in [5.74, 6) is 0. The van der Waals surface area contributed by atoms with Crippen LogP contribution in [0.25, 0.3) is 5.69 Å². The van der Waals surface area contributed by atoms with E-state index >= 15 is 0 Å². The predicted octanol–water partition coefficient (Wildman–Crippen LogP) is 1.14. The van der Waals surface area contributed by atoms with Crippen LogP contribution in [0.1, 0.15) is 17.4 Å². The van der Waals surface area contributed by atoms with Crippen LogP contribution >= 0.6 is 0 Å². The lowest BCUT2D eigenvalue weighted by molar-refractivity contribution is 0.209. The Morgan fingerprint density at radius 1 is 1.32 bits per heavy atom. The third-order valence-corrected chi connectivity index (χ3v) is 3.50. The number of aryl methyl sites for hydroxylation is 1. The molecule has 0 aliphatic rings. The van der Waals surface area contributed by atoms with Crippen molar-refractivity contribution in [3.8, 4) is 5.69 Å². The molecule has 1 amide bonds. The molecule has 0 radical (unpaired) electrons. The SMILES string of the molecule is Cn1cc(-n2ccc(=O)c(C(O)c3cccc(NC(=O)O)c3)n2)cn1. The molecule has 25 heavy (non-hydrogen) atoms. The van der Waals surface area contributed by atoms with Crippen LogP contribution in [-0.4, -0.2) is 35.9 Å². The van der Waals surface area contributed by atoms with Crippen molar-refractivity contribution in [3.63, 3.8) is 0 Å². The summed E-state index contributed by atoms with van der Waals surface area (Å²) in [6.45, 7) is 0. The maximum absolute atomic E-state index is 12.1. The molecule has 3 N–H and O–H groups in total. The maximum Gasteiger partial charge on any atom is 0.409 e. The highest BCUT2D eigenvalue weighted by atomic mass is 16.4. The molecule has 3 rings (SSSR count). The molecule has 1 aromatic carbocycles. The quantitative estimate of drug-likeness (QED) is 0.654. The smallest absolute Gasteiger partial charge is 0.409 e. The third kappa shape index (κ3) is 3.56. The van der Waals surface area contributed by atoms with Crippen molar-refractivity contribution in [2.24, 2.45) is 7.05 Å². The number of aliphatic hydroxyl groups excluding tert-OH is 1. The Morgan fingerprint density at radius 3 is 2.80 bits per heavy atom. The lowest BCUT2D eigenvalue weighted by Gasteiger charge is -2.12. The van der Waals surface area contributed by atoms with Gasteiger partial charge in [-0.1, -0.05) is 12.1 Å². The van der Waals surface area contributed by atoms with E-state index in [-0.39, 0.29) is 11.4 Å². The predicted molar refractivity (Wildman–Crippen MR) is 88.8 cm³/mol. The summed E-state index contributed by atoms with van der Waals surface area (Å²) in [6, 6.07) is 7.45. The molecule has 3 aromatic rings. The molecule has 1 atom stereocenters. The van der Waals surface area contributed by atoms with E-state index in [1.807, 2.05) is 0 Å². The zero-order chi connectivity index (χ0) is 18.0. The molecule has 2 aromatic heterocycles.